The highest BCUT2D eigenvalue weighted by molar-refractivity contribution is 7.14. The number of amides is 1. The molecule has 1 heterocycles. The van der Waals surface area contributed by atoms with Crippen LogP contribution in [0.3, 0.4) is 0 Å². The maximum atomic E-state index is 11.5. The van der Waals surface area contributed by atoms with E-state index in [-0.39, 0.29) is 12.2 Å². The Labute approximate surface area is 102 Å². The average molecular weight is 251 g/mol. The van der Waals surface area contributed by atoms with E-state index in [4.69, 9.17) is 10.00 Å². The minimum atomic E-state index is -0.614. The molecule has 0 saturated heterocycles. The van der Waals surface area contributed by atoms with E-state index in [0.717, 1.165) is 17.4 Å². The number of nitrogens with one attached hydrogen (secondary N) is 1. The lowest BCUT2D eigenvalue weighted by Crippen LogP contribution is -2.07. The first-order valence-electron chi connectivity index (χ1n) is 4.66. The lowest BCUT2D eigenvalue weighted by Gasteiger charge is -2.02. The monoisotopic (exact) mass is 251 g/mol. The number of thiazole rings is 1. The van der Waals surface area contributed by atoms with E-state index in [1.54, 1.807) is 18.4 Å². The zero-order valence-corrected chi connectivity index (χ0v) is 9.78. The summed E-state index contributed by atoms with van der Waals surface area (Å²) >= 11 is 1.15. The second-order valence-electron chi connectivity index (χ2n) is 2.71. The normalized spacial score (nSPS) is 10.5. The van der Waals surface area contributed by atoms with E-state index in [1.807, 2.05) is 0 Å². The molecule has 1 N–H and O–H groups in total. The minimum Gasteiger partial charge on any atom is -0.462 e. The molecule has 0 spiro atoms. The number of carbonyl (C=O) groups excluding carboxylic acids is 2. The zero-order valence-electron chi connectivity index (χ0n) is 8.97. The summed E-state index contributed by atoms with van der Waals surface area (Å²) in [5.41, 5.74) is 0.379. The number of hydrogen-bond acceptors (Lipinski definition) is 6. The van der Waals surface area contributed by atoms with Crippen LogP contribution in [0.1, 0.15) is 12.6 Å². The topological polar surface area (TPSA) is 92.1 Å². The van der Waals surface area contributed by atoms with E-state index in [1.165, 1.54) is 0 Å². The van der Waals surface area contributed by atoms with Crippen LogP contribution < -0.4 is 5.32 Å². The molecule has 7 heteroatoms. The molecule has 0 saturated carbocycles. The van der Waals surface area contributed by atoms with Gasteiger partial charge < -0.3 is 10.1 Å². The van der Waals surface area contributed by atoms with E-state index in [0.29, 0.717) is 17.2 Å². The molecule has 0 bridgehead atoms. The number of rotatable bonds is 5. The molecule has 88 valence electrons. The fourth-order valence-electron chi connectivity index (χ4n) is 1.02. The van der Waals surface area contributed by atoms with E-state index in [2.05, 4.69) is 10.3 Å². The third-order valence-corrected chi connectivity index (χ3v) is 2.44. The molecule has 1 aromatic rings. The highest BCUT2D eigenvalue weighted by Gasteiger charge is 2.16. The highest BCUT2D eigenvalue weighted by Crippen LogP contribution is 2.22. The Hall–Kier alpha value is -2.20. The van der Waals surface area contributed by atoms with Crippen molar-refractivity contribution in [3.8, 4) is 6.07 Å². The predicted molar refractivity (Wildman–Crippen MR) is 62.0 cm³/mol. The number of nitrogens with zero attached hydrogens (tertiary/aromatic N) is 2. The van der Waals surface area contributed by atoms with E-state index in [9.17, 15) is 9.59 Å². The van der Waals surface area contributed by atoms with Crippen LogP contribution in [-0.4, -0.2) is 24.0 Å². The van der Waals surface area contributed by atoms with Crippen LogP contribution in [-0.2, 0) is 14.3 Å². The van der Waals surface area contributed by atoms with Gasteiger partial charge in [-0.3, -0.25) is 4.79 Å². The molecule has 0 radical (unpaired) electrons. The molecule has 0 unspecified atom stereocenters. The first-order valence-corrected chi connectivity index (χ1v) is 5.53. The number of aromatic nitrogens is 1. The Morgan fingerprint density at radius 1 is 1.76 bits per heavy atom. The Morgan fingerprint density at radius 2 is 2.53 bits per heavy atom. The van der Waals surface area contributed by atoms with Gasteiger partial charge in [-0.15, -0.1) is 11.3 Å². The van der Waals surface area contributed by atoms with E-state index >= 15 is 0 Å². The van der Waals surface area contributed by atoms with Gasteiger partial charge in [-0.25, -0.2) is 9.78 Å². The number of esters is 1. The van der Waals surface area contributed by atoms with Crippen LogP contribution >= 0.6 is 11.3 Å². The Bertz CT molecular complexity index is 487. The summed E-state index contributed by atoms with van der Waals surface area (Å²) < 4.78 is 4.80. The fourth-order valence-corrected chi connectivity index (χ4v) is 1.70. The molecule has 0 fully saturated rings. The van der Waals surface area contributed by atoms with Gasteiger partial charge in [0.25, 0.3) is 0 Å². The van der Waals surface area contributed by atoms with Gasteiger partial charge in [0.15, 0.2) is 5.13 Å². The molecule has 6 nitrogen and oxygen atoms in total. The second-order valence-corrected chi connectivity index (χ2v) is 3.57. The number of carbonyl (C=O) groups is 2. The molecule has 1 amide bonds. The summed E-state index contributed by atoms with van der Waals surface area (Å²) in [5, 5.41) is 12.9. The summed E-state index contributed by atoms with van der Waals surface area (Å²) in [7, 11) is 0. The maximum Gasteiger partial charge on any atom is 0.341 e. The molecular weight excluding hydrogens is 242 g/mol. The Morgan fingerprint density at radius 3 is 3.12 bits per heavy atom. The van der Waals surface area contributed by atoms with Crippen LogP contribution in [0, 0.1) is 11.3 Å². The summed E-state index contributed by atoms with van der Waals surface area (Å²) in [6.07, 6.45) is 1.55. The molecule has 1 aromatic heterocycles. The van der Waals surface area contributed by atoms with Gasteiger partial charge in [0.1, 0.15) is 0 Å². The van der Waals surface area contributed by atoms with Crippen molar-refractivity contribution in [3.05, 3.63) is 17.2 Å². The van der Waals surface area contributed by atoms with Crippen molar-refractivity contribution in [3.63, 3.8) is 0 Å². The number of hydrogen-bond donors (Lipinski definition) is 1. The van der Waals surface area contributed by atoms with Crippen LogP contribution in [0.2, 0.25) is 0 Å². The molecule has 1 rings (SSSR count). The molecule has 0 atom stereocenters. The third kappa shape index (κ3) is 3.39. The summed E-state index contributed by atoms with van der Waals surface area (Å²) in [6, 6.07) is 1.76. The van der Waals surface area contributed by atoms with Gasteiger partial charge in [0.05, 0.1) is 23.9 Å². The summed E-state index contributed by atoms with van der Waals surface area (Å²) in [6.45, 7) is 1.88. The number of ether oxygens (including phenoxy) is 1. The molecule has 0 aliphatic heterocycles. The second kappa shape index (κ2) is 6.40. The lowest BCUT2D eigenvalue weighted by molar-refractivity contribution is -0.136. The predicted octanol–water partition coefficient (Wildman–Crippen LogP) is 1.18. The zero-order chi connectivity index (χ0) is 12.7. The molecule has 0 aliphatic carbocycles. The molecular formula is C10H9N3O3S. The van der Waals surface area contributed by atoms with Gasteiger partial charge >= 0.3 is 5.97 Å². The lowest BCUT2D eigenvalue weighted by atomic mass is 10.2. The average Bonchev–Trinajstić information content (AvgIpc) is 2.75. The number of allylic oxidation sites excluding steroid dienone is 1. The van der Waals surface area contributed by atoms with Crippen molar-refractivity contribution in [2.45, 2.75) is 6.92 Å². The Kier molecular flexibility index (Phi) is 4.84. The fraction of sp³-hybridized carbons (Fsp3) is 0.200. The smallest absolute Gasteiger partial charge is 0.341 e. The van der Waals surface area contributed by atoms with Gasteiger partial charge in [-0.05, 0) is 6.92 Å². The highest BCUT2D eigenvalue weighted by atomic mass is 32.1. The number of nitriles is 1. The van der Waals surface area contributed by atoms with Crippen LogP contribution in [0.15, 0.2) is 11.5 Å². The summed E-state index contributed by atoms with van der Waals surface area (Å²) in [4.78, 5) is 25.7. The molecule has 0 aliphatic rings. The maximum absolute atomic E-state index is 11.5. The van der Waals surface area contributed by atoms with Crippen molar-refractivity contribution in [1.82, 2.24) is 4.98 Å². The molecule has 17 heavy (non-hydrogen) atoms. The van der Waals surface area contributed by atoms with Gasteiger partial charge in [0.2, 0.25) is 6.41 Å². The van der Waals surface area contributed by atoms with Gasteiger partial charge in [-0.1, -0.05) is 0 Å². The summed E-state index contributed by atoms with van der Waals surface area (Å²) in [5.74, 6) is -0.614. The van der Waals surface area contributed by atoms with Crippen molar-refractivity contribution >= 4 is 34.4 Å². The van der Waals surface area contributed by atoms with E-state index < -0.39 is 5.97 Å². The minimum absolute atomic E-state index is 0.0737. The van der Waals surface area contributed by atoms with Crippen LogP contribution in [0.25, 0.3) is 5.57 Å². The first-order chi connectivity index (χ1) is 8.22. The van der Waals surface area contributed by atoms with Gasteiger partial charge in [0, 0.05) is 11.5 Å². The van der Waals surface area contributed by atoms with Crippen molar-refractivity contribution in [1.29, 1.82) is 5.26 Å². The van der Waals surface area contributed by atoms with Crippen molar-refractivity contribution < 1.29 is 14.3 Å². The van der Waals surface area contributed by atoms with Crippen molar-refractivity contribution in [2.75, 3.05) is 11.9 Å². The SMILES string of the molecule is CCOC(=O)C(=CC#N)c1csc(NC=O)n1. The number of anilines is 1. The molecule has 0 aromatic carbocycles. The van der Waals surface area contributed by atoms with Crippen LogP contribution in [0.4, 0.5) is 5.13 Å². The first kappa shape index (κ1) is 12.9. The van der Waals surface area contributed by atoms with Gasteiger partial charge in [-0.2, -0.15) is 5.26 Å². The quantitative estimate of drug-likeness (QED) is 0.367. The Balaban J connectivity index is 2.98. The largest absolute Gasteiger partial charge is 0.462 e. The van der Waals surface area contributed by atoms with Crippen molar-refractivity contribution in [2.24, 2.45) is 0 Å². The third-order valence-electron chi connectivity index (χ3n) is 1.67. The van der Waals surface area contributed by atoms with Crippen LogP contribution in [0.5, 0.6) is 0 Å². The standard InChI is InChI=1S/C10H9N3O3S/c1-2-16-9(15)7(3-4-11)8-5-17-10(13-8)12-6-14/h3,5-6H,2H2,1H3,(H,12,13,14).